The zero-order valence-corrected chi connectivity index (χ0v) is 40.1. The number of azide groups is 5. The molecular weight excluding hydrogens is 1040 g/mol. The number of aromatic amines is 1. The predicted molar refractivity (Wildman–Crippen MR) is 254 cm³/mol. The van der Waals surface area contributed by atoms with Crippen LogP contribution in [0.15, 0.2) is 58.4 Å². The molecule has 0 fully saturated rings. The number of carbonyl (C=O) groups is 5. The standard InChI is InChI=1S/2C7H9N5O3.2C7H9N5O2S.C6H9N7O2/c8-5(7(13)14)1-6-11-4(3-15-6)2-10-12-9;8-5(7(13)14)1-6-10-2-4(15-6)3-11-12-9;8-5(7(13)14)1-6-11-4(3-15-6)2-10-12-9;8-5(7(13)14)1-6-10-2-4(15-6)3-11-12-9;7-3(6(14)15)1-4-5(2-9-12-8)11-13-10-4/h3,5H,1-2,8H2,(H,13,14);2,5H,1,3,8H2,(H,13,14);3,5H,1-2,8H2,(H,13,14);2,5H,1,3,8H2,(H,13,14);3H,1-2,7H2,(H,14,15)(H,10,11,13)/t4*5-;3-/m00000/s1. The fourth-order valence-electron chi connectivity index (χ4n) is 4.53. The van der Waals surface area contributed by atoms with E-state index < -0.39 is 60.1 Å². The molecule has 39 nitrogen and oxygen atoms in total. The highest BCUT2D eigenvalue weighted by Gasteiger charge is 2.19. The highest BCUT2D eigenvalue weighted by molar-refractivity contribution is 7.11. The van der Waals surface area contributed by atoms with Gasteiger partial charge in [-0.1, -0.05) is 25.6 Å². The van der Waals surface area contributed by atoms with Gasteiger partial charge in [-0.3, -0.25) is 24.0 Å². The smallest absolute Gasteiger partial charge is 0.321 e. The Morgan fingerprint density at radius 2 is 1.03 bits per heavy atom. The van der Waals surface area contributed by atoms with Crippen molar-refractivity contribution in [3.63, 3.8) is 0 Å². The number of nitrogens with zero attached hydrogens (tertiary/aromatic N) is 21. The summed E-state index contributed by atoms with van der Waals surface area (Å²) in [5.74, 6) is -4.66. The van der Waals surface area contributed by atoms with E-state index in [0.29, 0.717) is 38.6 Å². The molecule has 0 spiro atoms. The molecule has 0 saturated carbocycles. The quantitative estimate of drug-likeness (QED) is 0.0227. The molecule has 0 radical (unpaired) electrons. The minimum absolute atomic E-state index is 0.00556. The van der Waals surface area contributed by atoms with E-state index in [4.69, 9.17) is 90.7 Å². The zero-order valence-electron chi connectivity index (χ0n) is 38.5. The van der Waals surface area contributed by atoms with Gasteiger partial charge in [-0.15, -0.1) is 22.7 Å². The summed E-state index contributed by atoms with van der Waals surface area (Å²) < 4.78 is 10.0. The van der Waals surface area contributed by atoms with E-state index in [2.05, 4.69) is 85.5 Å². The van der Waals surface area contributed by atoms with E-state index in [1.165, 1.54) is 35.1 Å². The molecule has 0 saturated heterocycles. The summed E-state index contributed by atoms with van der Waals surface area (Å²) in [4.78, 5) is 81.7. The van der Waals surface area contributed by atoms with Gasteiger partial charge in [0, 0.05) is 60.3 Å². The highest BCUT2D eigenvalue weighted by atomic mass is 32.1. The minimum Gasteiger partial charge on any atom is -0.480 e. The first-order chi connectivity index (χ1) is 35.7. The first kappa shape index (κ1) is 63.5. The molecular formula is C34H45N27O12S2. The number of nitrogens with one attached hydrogen (secondary N) is 1. The van der Waals surface area contributed by atoms with Gasteiger partial charge in [0.1, 0.15) is 42.2 Å². The number of hydrogen-bond acceptors (Lipinski definition) is 25. The largest absolute Gasteiger partial charge is 0.480 e. The Balaban J connectivity index is 0.000000469. The lowest BCUT2D eigenvalue weighted by molar-refractivity contribution is -0.139. The maximum atomic E-state index is 10.5. The Kier molecular flexibility index (Phi) is 30.2. The molecule has 5 aromatic rings. The van der Waals surface area contributed by atoms with Crippen molar-refractivity contribution in [2.24, 2.45) is 54.2 Å². The van der Waals surface area contributed by atoms with Gasteiger partial charge < -0.3 is 63.0 Å². The second-order valence-electron chi connectivity index (χ2n) is 13.8. The van der Waals surface area contributed by atoms with Gasteiger partial charge in [0.25, 0.3) is 0 Å². The van der Waals surface area contributed by atoms with Crippen LogP contribution in [0.5, 0.6) is 0 Å². The van der Waals surface area contributed by atoms with Crippen LogP contribution in [0.2, 0.25) is 0 Å². The molecule has 16 N–H and O–H groups in total. The average Bonchev–Trinajstić information content (AvgIpc) is 4.25. The third-order valence-electron chi connectivity index (χ3n) is 8.14. The average molecular weight is 1090 g/mol. The third-order valence-corrected chi connectivity index (χ3v) is 10.1. The van der Waals surface area contributed by atoms with Crippen LogP contribution in [-0.4, -0.2) is 121 Å². The van der Waals surface area contributed by atoms with Gasteiger partial charge in [0.15, 0.2) is 11.8 Å². The van der Waals surface area contributed by atoms with E-state index in [0.717, 1.165) is 4.88 Å². The van der Waals surface area contributed by atoms with Gasteiger partial charge in [0.05, 0.1) is 84.6 Å². The molecule has 0 unspecified atom stereocenters. The number of aromatic nitrogens is 7. The number of nitrogens with two attached hydrogens (primary N) is 5. The van der Waals surface area contributed by atoms with Crippen molar-refractivity contribution in [3.8, 4) is 0 Å². The SMILES string of the molecule is [N-]=[N+]=NCc1cnc(C[C@H](N)C(=O)O)o1.[N-]=[N+]=NCc1cnc(C[C@H](N)C(=O)O)s1.[N-]=[N+]=NCc1coc(C[C@H](N)C(=O)O)n1.[N-]=[N+]=NCc1csc(C[C@H](N)C(=O)O)n1.[N-]=[N+]=NCc1n[nH]nc1C[C@H](N)C(=O)O. The highest BCUT2D eigenvalue weighted by Crippen LogP contribution is 2.16. The van der Waals surface area contributed by atoms with Crippen molar-refractivity contribution >= 4 is 52.5 Å². The fourth-order valence-corrected chi connectivity index (χ4v) is 6.28. The maximum Gasteiger partial charge on any atom is 0.321 e. The number of aliphatic carboxylic acids is 5. The lowest BCUT2D eigenvalue weighted by atomic mass is 10.1. The molecule has 400 valence electrons. The van der Waals surface area contributed by atoms with Gasteiger partial charge >= 0.3 is 29.8 Å². The fraction of sp³-hybridized carbons (Fsp3) is 0.441. The molecule has 5 heterocycles. The van der Waals surface area contributed by atoms with Crippen molar-refractivity contribution in [1.82, 2.24) is 35.3 Å². The molecule has 0 bridgehead atoms. The van der Waals surface area contributed by atoms with Crippen LogP contribution in [-0.2, 0) is 88.8 Å². The Bertz CT molecular complexity index is 2560. The number of carboxylic acid groups (broad SMARTS) is 5. The second kappa shape index (κ2) is 35.6. The van der Waals surface area contributed by atoms with E-state index in [1.807, 2.05) is 0 Å². The summed E-state index contributed by atoms with van der Waals surface area (Å²) in [6.07, 6.45) is 4.67. The number of thiazole rings is 2. The lowest BCUT2D eigenvalue weighted by Gasteiger charge is -2.03. The van der Waals surface area contributed by atoms with Gasteiger partial charge in [0.2, 0.25) is 0 Å². The molecule has 0 aliphatic rings. The Labute approximate surface area is 425 Å². The molecule has 0 aromatic carbocycles. The number of H-pyrrole nitrogens is 1. The van der Waals surface area contributed by atoms with Crippen LogP contribution in [0.4, 0.5) is 0 Å². The van der Waals surface area contributed by atoms with Crippen molar-refractivity contribution in [2.45, 2.75) is 95.0 Å². The Hall–Kier alpha value is -9.48. The second-order valence-corrected chi connectivity index (χ2v) is 16.0. The van der Waals surface area contributed by atoms with E-state index >= 15 is 0 Å². The normalized spacial score (nSPS) is 11.8. The topological polar surface area (TPSA) is 680 Å². The summed E-state index contributed by atoms with van der Waals surface area (Å²) in [5, 5.41) is 72.1. The molecule has 5 rings (SSSR count). The summed E-state index contributed by atoms with van der Waals surface area (Å²) in [5.41, 5.74) is 68.8. The maximum absolute atomic E-state index is 10.5. The monoisotopic (exact) mass is 1090 g/mol. The molecule has 75 heavy (non-hydrogen) atoms. The van der Waals surface area contributed by atoms with Crippen molar-refractivity contribution in [1.29, 1.82) is 0 Å². The molecule has 5 atom stereocenters. The first-order valence-electron chi connectivity index (χ1n) is 20.3. The van der Waals surface area contributed by atoms with Crippen LogP contribution in [0.1, 0.15) is 55.2 Å². The van der Waals surface area contributed by atoms with Crippen molar-refractivity contribution < 1.29 is 58.3 Å². The number of rotatable bonds is 25. The number of carboxylic acids is 5. The lowest BCUT2D eigenvalue weighted by Crippen LogP contribution is -2.32. The molecule has 41 heteroatoms. The van der Waals surface area contributed by atoms with Crippen LogP contribution in [0, 0.1) is 0 Å². The van der Waals surface area contributed by atoms with Gasteiger partial charge in [-0.2, -0.15) is 15.4 Å². The zero-order chi connectivity index (χ0) is 56.3. The van der Waals surface area contributed by atoms with Gasteiger partial charge in [-0.25, -0.2) is 19.9 Å². The molecule has 5 aromatic heterocycles. The van der Waals surface area contributed by atoms with Crippen molar-refractivity contribution in [2.75, 3.05) is 0 Å². The Morgan fingerprint density at radius 3 is 1.59 bits per heavy atom. The number of oxazole rings is 2. The molecule has 0 aliphatic heterocycles. The summed E-state index contributed by atoms with van der Waals surface area (Å²) >= 11 is 2.61. The molecule has 0 amide bonds. The van der Waals surface area contributed by atoms with E-state index in [1.54, 1.807) is 11.6 Å². The third kappa shape index (κ3) is 27.1. The van der Waals surface area contributed by atoms with Crippen LogP contribution < -0.4 is 28.7 Å². The van der Waals surface area contributed by atoms with Crippen molar-refractivity contribution in [3.05, 3.63) is 131 Å². The van der Waals surface area contributed by atoms with Crippen LogP contribution >= 0.6 is 22.7 Å². The first-order valence-corrected chi connectivity index (χ1v) is 22.0. The summed E-state index contributed by atoms with van der Waals surface area (Å²) in [6.45, 7) is 0.550. The van der Waals surface area contributed by atoms with E-state index in [9.17, 15) is 24.0 Å². The predicted octanol–water partition coefficient (Wildman–Crippen LogP) is 2.26. The molecule has 0 aliphatic carbocycles. The summed E-state index contributed by atoms with van der Waals surface area (Å²) in [6, 6.07) is -5.02. The minimum atomic E-state index is -1.12. The van der Waals surface area contributed by atoms with Crippen LogP contribution in [0.3, 0.4) is 0 Å². The van der Waals surface area contributed by atoms with Crippen LogP contribution in [0.25, 0.3) is 52.2 Å². The summed E-state index contributed by atoms with van der Waals surface area (Å²) in [7, 11) is 0. The number of hydrogen-bond donors (Lipinski definition) is 11. The Morgan fingerprint density at radius 1 is 0.560 bits per heavy atom. The van der Waals surface area contributed by atoms with Gasteiger partial charge in [-0.05, 0) is 27.7 Å². The van der Waals surface area contributed by atoms with E-state index in [-0.39, 0.29) is 76.6 Å².